The fraction of sp³-hybridized carbons (Fsp3) is 1.00. The first-order valence-corrected chi connectivity index (χ1v) is 6.27. The highest BCUT2D eigenvalue weighted by molar-refractivity contribution is 4.78. The monoisotopic (exact) mass is 213 g/mol. The summed E-state index contributed by atoms with van der Waals surface area (Å²) in [6.07, 6.45) is 5.10. The maximum Gasteiger partial charge on any atom is 0.0702 e. The van der Waals surface area contributed by atoms with Crippen molar-refractivity contribution in [1.82, 2.24) is 4.90 Å². The number of ether oxygens (including phenoxy) is 1. The van der Waals surface area contributed by atoms with Crippen LogP contribution in [0.25, 0.3) is 0 Å². The number of hydrogen-bond acceptors (Lipinski definition) is 3. The van der Waals surface area contributed by atoms with E-state index in [1.165, 1.54) is 12.8 Å². The van der Waals surface area contributed by atoms with Crippen molar-refractivity contribution in [2.75, 3.05) is 26.2 Å². The number of aliphatic hydroxyl groups is 1. The molecule has 1 N–H and O–H groups in total. The lowest BCUT2D eigenvalue weighted by atomic mass is 9.92. The van der Waals surface area contributed by atoms with Gasteiger partial charge in [-0.15, -0.1) is 0 Å². The normalized spacial score (nSPS) is 32.0. The zero-order chi connectivity index (χ0) is 10.7. The lowest BCUT2D eigenvalue weighted by Gasteiger charge is -2.34. The van der Waals surface area contributed by atoms with Crippen molar-refractivity contribution in [3.63, 3.8) is 0 Å². The highest BCUT2D eigenvalue weighted by Gasteiger charge is 2.25. The Labute approximate surface area is 92.4 Å². The van der Waals surface area contributed by atoms with Crippen molar-refractivity contribution in [2.24, 2.45) is 5.92 Å². The van der Waals surface area contributed by atoms with Crippen LogP contribution in [0.15, 0.2) is 0 Å². The minimum Gasteiger partial charge on any atom is -0.393 e. The Hall–Kier alpha value is -0.120. The summed E-state index contributed by atoms with van der Waals surface area (Å²) in [5.41, 5.74) is 0. The molecule has 0 bridgehead atoms. The van der Waals surface area contributed by atoms with Crippen molar-refractivity contribution in [2.45, 2.75) is 44.8 Å². The Bertz CT molecular complexity index is 182. The van der Waals surface area contributed by atoms with Gasteiger partial charge in [-0.05, 0) is 51.6 Å². The molecule has 2 heterocycles. The summed E-state index contributed by atoms with van der Waals surface area (Å²) >= 11 is 0. The van der Waals surface area contributed by atoms with Crippen LogP contribution in [-0.2, 0) is 4.74 Å². The van der Waals surface area contributed by atoms with Gasteiger partial charge < -0.3 is 14.7 Å². The molecule has 2 saturated heterocycles. The van der Waals surface area contributed by atoms with Crippen LogP contribution in [0.4, 0.5) is 0 Å². The molecule has 0 saturated carbocycles. The molecule has 2 aliphatic rings. The predicted molar refractivity (Wildman–Crippen MR) is 59.8 cm³/mol. The average Bonchev–Trinajstić information content (AvgIpc) is 2.71. The fourth-order valence-electron chi connectivity index (χ4n) is 2.69. The summed E-state index contributed by atoms with van der Waals surface area (Å²) in [5, 5.41) is 9.50. The molecule has 3 nitrogen and oxygen atoms in total. The highest BCUT2D eigenvalue weighted by Crippen LogP contribution is 2.22. The molecule has 2 aliphatic heterocycles. The van der Waals surface area contributed by atoms with E-state index >= 15 is 0 Å². The molecule has 0 aromatic rings. The number of likely N-dealkylation sites (tertiary alicyclic amines) is 1. The second-order valence-electron chi connectivity index (χ2n) is 5.01. The number of piperidine rings is 1. The van der Waals surface area contributed by atoms with Gasteiger partial charge in [0.25, 0.3) is 0 Å². The smallest absolute Gasteiger partial charge is 0.0702 e. The van der Waals surface area contributed by atoms with Gasteiger partial charge in [0.05, 0.1) is 12.2 Å². The largest absolute Gasteiger partial charge is 0.393 e. The molecule has 15 heavy (non-hydrogen) atoms. The van der Waals surface area contributed by atoms with Crippen molar-refractivity contribution in [1.29, 1.82) is 0 Å². The lowest BCUT2D eigenvalue weighted by molar-refractivity contribution is 0.0368. The molecule has 0 aliphatic carbocycles. The van der Waals surface area contributed by atoms with E-state index in [1.54, 1.807) is 0 Å². The molecule has 2 rings (SSSR count). The molecular formula is C12H23NO2. The first kappa shape index (κ1) is 11.4. The molecular weight excluding hydrogens is 190 g/mol. The summed E-state index contributed by atoms with van der Waals surface area (Å²) in [4.78, 5) is 2.49. The van der Waals surface area contributed by atoms with Crippen LogP contribution in [-0.4, -0.2) is 48.5 Å². The Morgan fingerprint density at radius 1 is 1.33 bits per heavy atom. The van der Waals surface area contributed by atoms with Gasteiger partial charge in [-0.25, -0.2) is 0 Å². The number of aliphatic hydroxyl groups excluding tert-OH is 1. The van der Waals surface area contributed by atoms with Gasteiger partial charge in [0, 0.05) is 13.2 Å². The van der Waals surface area contributed by atoms with Gasteiger partial charge in [-0.3, -0.25) is 0 Å². The molecule has 0 spiro atoms. The third-order valence-corrected chi connectivity index (χ3v) is 3.80. The highest BCUT2D eigenvalue weighted by atomic mass is 16.5. The number of rotatable bonds is 3. The van der Waals surface area contributed by atoms with Gasteiger partial charge in [0.1, 0.15) is 0 Å². The summed E-state index contributed by atoms with van der Waals surface area (Å²) < 4.78 is 5.64. The third-order valence-electron chi connectivity index (χ3n) is 3.80. The van der Waals surface area contributed by atoms with Crippen LogP contribution in [0.2, 0.25) is 0 Å². The Balaban J connectivity index is 1.68. The van der Waals surface area contributed by atoms with E-state index in [0.717, 1.165) is 39.1 Å². The molecule has 2 atom stereocenters. The molecule has 0 amide bonds. The molecule has 2 unspecified atom stereocenters. The average molecular weight is 213 g/mol. The van der Waals surface area contributed by atoms with E-state index in [2.05, 4.69) is 4.90 Å². The Morgan fingerprint density at radius 3 is 2.60 bits per heavy atom. The van der Waals surface area contributed by atoms with Crippen LogP contribution >= 0.6 is 0 Å². The summed E-state index contributed by atoms with van der Waals surface area (Å²) in [7, 11) is 0. The number of hydrogen-bond donors (Lipinski definition) is 1. The van der Waals surface area contributed by atoms with E-state index < -0.39 is 0 Å². The minimum absolute atomic E-state index is 0.130. The lowest BCUT2D eigenvalue weighted by Crippen LogP contribution is -2.40. The van der Waals surface area contributed by atoms with Crippen LogP contribution in [0.5, 0.6) is 0 Å². The first-order chi connectivity index (χ1) is 7.25. The Kier molecular flexibility index (Phi) is 4.00. The minimum atomic E-state index is -0.130. The van der Waals surface area contributed by atoms with Gasteiger partial charge in [-0.1, -0.05) is 0 Å². The van der Waals surface area contributed by atoms with Gasteiger partial charge >= 0.3 is 0 Å². The van der Waals surface area contributed by atoms with E-state index in [1.807, 2.05) is 6.92 Å². The summed E-state index contributed by atoms with van der Waals surface area (Å²) in [6.45, 7) is 6.24. The van der Waals surface area contributed by atoms with Crippen LogP contribution < -0.4 is 0 Å². The number of nitrogens with zero attached hydrogens (tertiary/aromatic N) is 1. The fourth-order valence-corrected chi connectivity index (χ4v) is 2.69. The third kappa shape index (κ3) is 3.16. The quantitative estimate of drug-likeness (QED) is 0.766. The zero-order valence-corrected chi connectivity index (χ0v) is 9.69. The summed E-state index contributed by atoms with van der Waals surface area (Å²) in [6, 6.07) is 0. The second kappa shape index (κ2) is 5.28. The predicted octanol–water partition coefficient (Wildman–Crippen LogP) is 1.26. The van der Waals surface area contributed by atoms with Gasteiger partial charge in [0.15, 0.2) is 0 Å². The maximum atomic E-state index is 9.50. The Morgan fingerprint density at radius 2 is 2.07 bits per heavy atom. The zero-order valence-electron chi connectivity index (χ0n) is 9.69. The first-order valence-electron chi connectivity index (χ1n) is 6.27. The topological polar surface area (TPSA) is 32.7 Å². The van der Waals surface area contributed by atoms with E-state index in [9.17, 15) is 5.11 Å². The van der Waals surface area contributed by atoms with Crippen molar-refractivity contribution in [3.05, 3.63) is 0 Å². The van der Waals surface area contributed by atoms with Crippen molar-refractivity contribution >= 4 is 0 Å². The van der Waals surface area contributed by atoms with E-state index in [4.69, 9.17) is 4.74 Å². The van der Waals surface area contributed by atoms with Gasteiger partial charge in [0.2, 0.25) is 0 Å². The molecule has 0 radical (unpaired) electrons. The molecule has 3 heteroatoms. The van der Waals surface area contributed by atoms with Crippen LogP contribution in [0, 0.1) is 5.92 Å². The second-order valence-corrected chi connectivity index (χ2v) is 5.01. The molecule has 88 valence electrons. The van der Waals surface area contributed by atoms with Crippen LogP contribution in [0.1, 0.15) is 32.6 Å². The molecule has 0 aromatic carbocycles. The van der Waals surface area contributed by atoms with Crippen molar-refractivity contribution < 1.29 is 9.84 Å². The van der Waals surface area contributed by atoms with Crippen molar-refractivity contribution in [3.8, 4) is 0 Å². The molecule has 0 aromatic heterocycles. The SMILES string of the molecule is CC(O)C1CCN(CC2CCCO2)CC1. The maximum absolute atomic E-state index is 9.50. The summed E-state index contributed by atoms with van der Waals surface area (Å²) in [5.74, 6) is 0.519. The van der Waals surface area contributed by atoms with Crippen LogP contribution in [0.3, 0.4) is 0 Å². The van der Waals surface area contributed by atoms with E-state index in [0.29, 0.717) is 12.0 Å². The molecule has 2 fully saturated rings. The standard InChI is InChI=1S/C12H23NO2/c1-10(14)11-4-6-13(7-5-11)9-12-3-2-8-15-12/h10-12,14H,2-9H2,1H3. The van der Waals surface area contributed by atoms with Gasteiger partial charge in [-0.2, -0.15) is 0 Å². The van der Waals surface area contributed by atoms with E-state index in [-0.39, 0.29) is 6.10 Å².